The zero-order valence-corrected chi connectivity index (χ0v) is 47.9. The van der Waals surface area contributed by atoms with E-state index in [9.17, 15) is 33.6 Å². The second-order valence-corrected chi connectivity index (χ2v) is 20.7. The van der Waals surface area contributed by atoms with Crippen molar-refractivity contribution in [2.75, 3.05) is 97.9 Å². The number of methoxy groups -OCH3 is 1. The van der Waals surface area contributed by atoms with Crippen LogP contribution in [0.25, 0.3) is 21.9 Å². The van der Waals surface area contributed by atoms with Crippen molar-refractivity contribution in [1.29, 1.82) is 0 Å². The number of carbonyl (C=O) groups excluding carboxylic acids is 7. The van der Waals surface area contributed by atoms with Crippen molar-refractivity contribution in [2.24, 2.45) is 11.7 Å². The van der Waals surface area contributed by atoms with Crippen LogP contribution >= 0.6 is 0 Å². The van der Waals surface area contributed by atoms with E-state index in [1.54, 1.807) is 60.4 Å². The van der Waals surface area contributed by atoms with Crippen LogP contribution in [0.2, 0.25) is 0 Å². The summed E-state index contributed by atoms with van der Waals surface area (Å²) in [6.07, 6.45) is 2.05. The van der Waals surface area contributed by atoms with Crippen LogP contribution in [0.3, 0.4) is 0 Å². The van der Waals surface area contributed by atoms with E-state index in [1.807, 2.05) is 52.8 Å². The molecule has 1 unspecified atom stereocenters. The highest BCUT2D eigenvalue weighted by molar-refractivity contribution is 6.15. The lowest BCUT2D eigenvalue weighted by Gasteiger charge is -2.25. The Bertz CT molecular complexity index is 2970. The third kappa shape index (κ3) is 15.8. The Balaban J connectivity index is 1.07. The Morgan fingerprint density at radius 1 is 0.887 bits per heavy atom. The number of fused-ring (bicyclic) bond motifs is 4. The molecule has 6 rings (SSSR count). The van der Waals surface area contributed by atoms with Gasteiger partial charge in [-0.15, -0.1) is 0 Å². The largest absolute Gasteiger partial charge is 0.492 e. The average Bonchev–Trinajstić information content (AvgIpc) is 4.32. The van der Waals surface area contributed by atoms with Crippen molar-refractivity contribution in [2.45, 2.75) is 97.8 Å². The molecule has 0 bridgehead atoms. The number of amides is 6. The number of hydrogen-bond acceptors (Lipinski definition) is 15. The molecule has 0 aliphatic carbocycles. The maximum atomic E-state index is 14.5. The predicted molar refractivity (Wildman–Crippen MR) is 305 cm³/mol. The summed E-state index contributed by atoms with van der Waals surface area (Å²) in [4.78, 5) is 103. The zero-order chi connectivity index (χ0) is 58.2. The molecule has 0 fully saturated rings. The number of ether oxygens (including phenoxy) is 4. The third-order valence-corrected chi connectivity index (χ3v) is 14.0. The summed E-state index contributed by atoms with van der Waals surface area (Å²) in [5.41, 5.74) is 9.68. The Kier molecular flexibility index (Phi) is 22.3. The quantitative estimate of drug-likeness (QED) is 0.0220. The molecule has 6 amide bonds. The van der Waals surface area contributed by atoms with Gasteiger partial charge in [-0.1, -0.05) is 39.8 Å². The van der Waals surface area contributed by atoms with Crippen LogP contribution in [-0.2, 0) is 30.5 Å². The van der Waals surface area contributed by atoms with Crippen LogP contribution in [0.15, 0.2) is 59.0 Å². The summed E-state index contributed by atoms with van der Waals surface area (Å²) in [5.74, 6) is -1.25. The smallest absolute Gasteiger partial charge is 0.415 e. The first-order valence-corrected chi connectivity index (χ1v) is 27.4. The van der Waals surface area contributed by atoms with E-state index < -0.39 is 42.1 Å². The molecule has 7 N–H and O–H groups in total. The maximum absolute atomic E-state index is 14.5. The summed E-state index contributed by atoms with van der Waals surface area (Å²) in [6.45, 7) is 12.2. The van der Waals surface area contributed by atoms with Crippen LogP contribution in [0.5, 0.6) is 11.5 Å². The van der Waals surface area contributed by atoms with Gasteiger partial charge in [0.25, 0.3) is 5.91 Å². The Morgan fingerprint density at radius 2 is 1.61 bits per heavy atom. The van der Waals surface area contributed by atoms with Gasteiger partial charge in [-0.2, -0.15) is 0 Å². The first-order chi connectivity index (χ1) is 38.3. The third-order valence-electron chi connectivity index (χ3n) is 14.0. The first-order valence-electron chi connectivity index (χ1n) is 27.4. The zero-order valence-electron chi connectivity index (χ0n) is 47.9. The van der Waals surface area contributed by atoms with Crippen molar-refractivity contribution in [3.63, 3.8) is 0 Å². The number of nitrogens with two attached hydrogens (primary N) is 1. The monoisotopic (exact) mass is 1110 g/mol. The summed E-state index contributed by atoms with van der Waals surface area (Å²) >= 11 is 0. The van der Waals surface area contributed by atoms with Gasteiger partial charge in [0.1, 0.15) is 30.6 Å². The number of benzene rings is 3. The molecule has 3 aromatic carbocycles. The Morgan fingerprint density at radius 3 is 2.27 bits per heavy atom. The number of hydrogen-bond donors (Lipinski definition) is 6. The average molecular weight is 1110 g/mol. The van der Waals surface area contributed by atoms with Crippen molar-refractivity contribution in [3.8, 4) is 11.5 Å². The van der Waals surface area contributed by atoms with Gasteiger partial charge in [-0.25, -0.2) is 14.4 Å². The molecule has 0 spiro atoms. The van der Waals surface area contributed by atoms with Gasteiger partial charge in [0.2, 0.25) is 17.7 Å². The fraction of sp³-hybridized carbons (Fsp3) is 0.500. The number of anilines is 2. The van der Waals surface area contributed by atoms with E-state index in [0.717, 1.165) is 18.5 Å². The molecular weight excluding hydrogens is 1030 g/mol. The minimum atomic E-state index is -0.834. The van der Waals surface area contributed by atoms with E-state index in [0.29, 0.717) is 109 Å². The molecule has 3 atom stereocenters. The number of likely N-dealkylation sites (N-methyl/N-ethyl adjacent to an activating group) is 3. The van der Waals surface area contributed by atoms with Crippen molar-refractivity contribution < 1.29 is 56.9 Å². The number of aromatic amines is 1. The summed E-state index contributed by atoms with van der Waals surface area (Å²) in [7, 11) is 8.27. The molecule has 1 aliphatic rings. The second kappa shape index (κ2) is 29.0. The van der Waals surface area contributed by atoms with Crippen LogP contribution in [0.4, 0.5) is 21.0 Å². The van der Waals surface area contributed by atoms with Crippen molar-refractivity contribution in [1.82, 2.24) is 35.6 Å². The summed E-state index contributed by atoms with van der Waals surface area (Å²) < 4.78 is 28.9. The lowest BCUT2D eigenvalue weighted by molar-refractivity contribution is -0.128. The molecule has 2 aromatic heterocycles. The minimum absolute atomic E-state index is 0.0438. The molecule has 0 saturated carbocycles. The molecule has 80 heavy (non-hydrogen) atoms. The SMILES string of the molecule is CCCC(=O)NCCN[C@H](C(=O)NC(CCCCN)C(=O)Nc1ccc(COC(=O)N(C)CCN(C)C(=O)Oc2cc3c(c4c(C(=O)OC)c(C)[nH]c24)[C@H](CC)CN3C(=O)c2cc3cc(OCCN(C)C)ccc3o2)cc1)C(C)C. The van der Waals surface area contributed by atoms with E-state index in [2.05, 4.69) is 26.3 Å². The molecule has 5 aromatic rings. The van der Waals surface area contributed by atoms with Crippen LogP contribution in [-0.4, -0.2) is 161 Å². The fourth-order valence-corrected chi connectivity index (χ4v) is 9.41. The topological polar surface area (TPSA) is 272 Å². The number of H-pyrrole nitrogens is 1. The molecule has 0 radical (unpaired) electrons. The highest BCUT2D eigenvalue weighted by atomic mass is 16.6. The van der Waals surface area contributed by atoms with Gasteiger partial charge in [-0.05, 0) is 113 Å². The van der Waals surface area contributed by atoms with Crippen LogP contribution in [0.1, 0.15) is 110 Å². The number of aryl methyl sites for hydroxylation is 1. The number of nitrogens with one attached hydrogen (secondary N) is 5. The highest BCUT2D eigenvalue weighted by Gasteiger charge is 2.39. The summed E-state index contributed by atoms with van der Waals surface area (Å²) in [5, 5.41) is 13.0. The number of rotatable bonds is 28. The van der Waals surface area contributed by atoms with Gasteiger partial charge in [-0.3, -0.25) is 19.2 Å². The number of nitrogens with zero attached hydrogens (tertiary/aromatic N) is 4. The molecule has 22 nitrogen and oxygen atoms in total. The van der Waals surface area contributed by atoms with E-state index in [-0.39, 0.29) is 67.0 Å². The molecule has 0 saturated heterocycles. The van der Waals surface area contributed by atoms with E-state index >= 15 is 0 Å². The molecular formula is C58H80N10O12. The van der Waals surface area contributed by atoms with Gasteiger partial charge in [0.15, 0.2) is 11.5 Å². The number of furan rings is 1. The summed E-state index contributed by atoms with van der Waals surface area (Å²) in [6, 6.07) is 14.0. The van der Waals surface area contributed by atoms with Gasteiger partial charge >= 0.3 is 18.2 Å². The van der Waals surface area contributed by atoms with Gasteiger partial charge < -0.3 is 74.9 Å². The molecule has 434 valence electrons. The number of unbranched alkanes of at least 4 members (excludes halogenated alkanes) is 1. The molecule has 3 heterocycles. The van der Waals surface area contributed by atoms with Crippen LogP contribution in [0, 0.1) is 12.8 Å². The van der Waals surface area contributed by atoms with Crippen molar-refractivity contribution in [3.05, 3.63) is 82.7 Å². The fourth-order valence-electron chi connectivity index (χ4n) is 9.41. The normalized spacial score (nSPS) is 13.7. The maximum Gasteiger partial charge on any atom is 0.415 e. The highest BCUT2D eigenvalue weighted by Crippen LogP contribution is 2.48. The van der Waals surface area contributed by atoms with Crippen LogP contribution < -0.4 is 41.4 Å². The Labute approximate surface area is 467 Å². The molecule has 1 aliphatic heterocycles. The molecule has 22 heteroatoms. The van der Waals surface area contributed by atoms with Gasteiger partial charge in [0.05, 0.1) is 29.9 Å². The Hall–Kier alpha value is -7.69. The standard InChI is InChI=1S/C58H80N10O12/c1-11-15-47(69)60-24-25-61-51(35(3)4)54(71)64-42(16-13-14-23-59)53(70)63-40-19-17-37(18-20-40)34-78-57(74)66(8)26-27-67(9)58(75)80-45-32-43-49(50-48(56(73)76-10)36(5)62-52(45)50)38(12-2)33-68(43)55(72)46-31-39-30-41(21-22-44(39)79-46)77-29-28-65(6)7/h17-22,30-32,35,38,42,51,61-62H,11-16,23-29,33-34,59H2,1-10H3,(H,60,69)(H,63,70)(H,64,71)/t38-,42?,51+/m1/s1. The lowest BCUT2D eigenvalue weighted by atomic mass is 9.93. The van der Waals surface area contributed by atoms with Crippen molar-refractivity contribution >= 4 is 75.0 Å². The second-order valence-electron chi connectivity index (χ2n) is 20.7. The number of carbonyl (C=O) groups is 7. The lowest BCUT2D eigenvalue weighted by Crippen LogP contribution is -2.54. The minimum Gasteiger partial charge on any atom is -0.492 e. The first kappa shape index (κ1) is 61.5. The number of aromatic nitrogens is 1. The predicted octanol–water partition coefficient (Wildman–Crippen LogP) is 6.89. The van der Waals surface area contributed by atoms with Gasteiger partial charge in [0, 0.05) is 93.9 Å². The van der Waals surface area contributed by atoms with E-state index in [1.165, 1.54) is 31.0 Å². The number of esters is 1. The van der Waals surface area contributed by atoms with E-state index in [4.69, 9.17) is 29.1 Å².